The van der Waals surface area contributed by atoms with Gasteiger partial charge in [-0.1, -0.05) is 12.1 Å². The van der Waals surface area contributed by atoms with Gasteiger partial charge in [0.25, 0.3) is 5.91 Å². The van der Waals surface area contributed by atoms with Crippen molar-refractivity contribution in [3.05, 3.63) is 77.0 Å². The Labute approximate surface area is 208 Å². The number of aryl methyl sites for hydroxylation is 1. The third-order valence-electron chi connectivity index (χ3n) is 6.12. The lowest BCUT2D eigenvalue weighted by molar-refractivity contribution is -0.138. The van der Waals surface area contributed by atoms with Crippen molar-refractivity contribution in [3.63, 3.8) is 0 Å². The van der Waals surface area contributed by atoms with E-state index in [0.717, 1.165) is 24.6 Å². The molecule has 2 aromatic carbocycles. The first-order chi connectivity index (χ1) is 17.2. The Bertz CT molecular complexity index is 1230. The van der Waals surface area contributed by atoms with Crippen LogP contribution < -0.4 is 19.3 Å². The molecule has 0 N–H and O–H groups in total. The largest absolute Gasteiger partial charge is 0.496 e. The number of halogens is 3. The van der Waals surface area contributed by atoms with Gasteiger partial charge in [-0.05, 0) is 60.7 Å². The van der Waals surface area contributed by atoms with Gasteiger partial charge in [0, 0.05) is 44.3 Å². The van der Waals surface area contributed by atoms with Crippen LogP contribution in [0.15, 0.2) is 54.7 Å². The van der Waals surface area contributed by atoms with Crippen LogP contribution in [0.25, 0.3) is 0 Å². The van der Waals surface area contributed by atoms with E-state index in [9.17, 15) is 18.0 Å². The van der Waals surface area contributed by atoms with Gasteiger partial charge in [0.2, 0.25) is 5.88 Å². The van der Waals surface area contributed by atoms with Gasteiger partial charge in [-0.2, -0.15) is 13.2 Å². The molecule has 0 bridgehead atoms. The number of methoxy groups -OCH3 is 1. The van der Waals surface area contributed by atoms with Gasteiger partial charge < -0.3 is 19.3 Å². The molecule has 0 fully saturated rings. The highest BCUT2D eigenvalue weighted by Crippen LogP contribution is 2.42. The molecule has 0 aliphatic carbocycles. The summed E-state index contributed by atoms with van der Waals surface area (Å²) in [5.41, 5.74) is 2.61. The van der Waals surface area contributed by atoms with Crippen molar-refractivity contribution in [2.24, 2.45) is 0 Å². The fourth-order valence-electron chi connectivity index (χ4n) is 4.21. The number of alkyl halides is 3. The maximum atomic E-state index is 13.5. The van der Waals surface area contributed by atoms with Crippen molar-refractivity contribution in [3.8, 4) is 11.6 Å². The van der Waals surface area contributed by atoms with Crippen molar-refractivity contribution in [2.75, 3.05) is 44.2 Å². The number of hydrogen-bond donors (Lipinski definition) is 0. The van der Waals surface area contributed by atoms with E-state index in [0.29, 0.717) is 24.5 Å². The molecule has 0 spiro atoms. The molecule has 1 aliphatic heterocycles. The Morgan fingerprint density at radius 1 is 1.14 bits per heavy atom. The van der Waals surface area contributed by atoms with Gasteiger partial charge in [0.15, 0.2) is 0 Å². The molecule has 190 valence electrons. The van der Waals surface area contributed by atoms with Crippen LogP contribution in [0, 0.1) is 0 Å². The minimum atomic E-state index is -4.59. The maximum Gasteiger partial charge on any atom is 0.420 e. The Morgan fingerprint density at radius 2 is 1.94 bits per heavy atom. The molecular weight excluding hydrogens is 471 g/mol. The standard InChI is InChI=1S/C27H28F3N3O3/c1-32(2)21-8-4-6-18(14-21)7-5-13-36-25-10-9-20(17-31-25)26(34)33-12-11-19-15-24(35-3)22(16-23(19)33)27(28,29)30/h4,6,8-10,14-17H,5,7,11-13H2,1-3H3. The molecule has 0 saturated heterocycles. The molecule has 2 heterocycles. The number of fused-ring (bicyclic) bond motifs is 1. The number of aromatic nitrogens is 1. The molecule has 6 nitrogen and oxygen atoms in total. The fourth-order valence-corrected chi connectivity index (χ4v) is 4.21. The van der Waals surface area contributed by atoms with Gasteiger partial charge >= 0.3 is 6.18 Å². The van der Waals surface area contributed by atoms with Crippen molar-refractivity contribution < 1.29 is 27.4 Å². The monoisotopic (exact) mass is 499 g/mol. The number of benzene rings is 2. The van der Waals surface area contributed by atoms with Crippen molar-refractivity contribution >= 4 is 17.3 Å². The number of carbonyl (C=O) groups is 1. The van der Waals surface area contributed by atoms with Crippen LogP contribution in [0.2, 0.25) is 0 Å². The predicted molar refractivity (Wildman–Crippen MR) is 132 cm³/mol. The summed E-state index contributed by atoms with van der Waals surface area (Å²) >= 11 is 0. The third kappa shape index (κ3) is 5.56. The van der Waals surface area contributed by atoms with E-state index in [1.807, 2.05) is 20.2 Å². The molecule has 9 heteroatoms. The van der Waals surface area contributed by atoms with Crippen LogP contribution in [-0.4, -0.2) is 45.2 Å². The van der Waals surface area contributed by atoms with Crippen LogP contribution >= 0.6 is 0 Å². The highest BCUT2D eigenvalue weighted by molar-refractivity contribution is 6.07. The topological polar surface area (TPSA) is 54.9 Å². The van der Waals surface area contributed by atoms with Gasteiger partial charge in [0.05, 0.1) is 24.8 Å². The quantitative estimate of drug-likeness (QED) is 0.389. The molecule has 0 unspecified atom stereocenters. The zero-order chi connectivity index (χ0) is 25.9. The van der Waals surface area contributed by atoms with Gasteiger partial charge in [0.1, 0.15) is 5.75 Å². The number of amides is 1. The number of pyridine rings is 1. The van der Waals surface area contributed by atoms with Crippen molar-refractivity contribution in [1.29, 1.82) is 0 Å². The van der Waals surface area contributed by atoms with Gasteiger partial charge in [-0.3, -0.25) is 4.79 Å². The summed E-state index contributed by atoms with van der Waals surface area (Å²) in [5.74, 6) is -0.268. The second kappa shape index (κ2) is 10.5. The van der Waals surface area contributed by atoms with Crippen LogP contribution in [-0.2, 0) is 19.0 Å². The molecule has 36 heavy (non-hydrogen) atoms. The molecule has 1 amide bonds. The van der Waals surface area contributed by atoms with E-state index in [1.54, 1.807) is 12.1 Å². The number of hydrogen-bond acceptors (Lipinski definition) is 5. The fraction of sp³-hybridized carbons (Fsp3) is 0.333. The average Bonchev–Trinajstić information content (AvgIpc) is 3.28. The smallest absolute Gasteiger partial charge is 0.420 e. The van der Waals surface area contributed by atoms with E-state index in [1.165, 1.54) is 29.8 Å². The van der Waals surface area contributed by atoms with Crippen LogP contribution in [0.5, 0.6) is 11.6 Å². The summed E-state index contributed by atoms with van der Waals surface area (Å²) in [6.07, 6.45) is -1.09. The lowest BCUT2D eigenvalue weighted by Crippen LogP contribution is -2.29. The summed E-state index contributed by atoms with van der Waals surface area (Å²) in [5, 5.41) is 0. The first-order valence-electron chi connectivity index (χ1n) is 11.6. The van der Waals surface area contributed by atoms with Gasteiger partial charge in [-0.25, -0.2) is 4.98 Å². The lowest BCUT2D eigenvalue weighted by atomic mass is 10.1. The minimum Gasteiger partial charge on any atom is -0.496 e. The van der Waals surface area contributed by atoms with Crippen molar-refractivity contribution in [1.82, 2.24) is 4.98 Å². The molecular formula is C27H28F3N3O3. The van der Waals surface area contributed by atoms with E-state index >= 15 is 0 Å². The second-order valence-corrected chi connectivity index (χ2v) is 8.79. The summed E-state index contributed by atoms with van der Waals surface area (Å²) in [4.78, 5) is 20.7. The van der Waals surface area contributed by atoms with Gasteiger partial charge in [-0.15, -0.1) is 0 Å². The molecule has 0 atom stereocenters. The Balaban J connectivity index is 1.37. The van der Waals surface area contributed by atoms with Crippen LogP contribution in [0.1, 0.15) is 33.5 Å². The Kier molecular flexibility index (Phi) is 7.37. The molecule has 4 rings (SSSR count). The SMILES string of the molecule is COc1cc2c(cc1C(F)(F)F)N(C(=O)c1ccc(OCCCc3cccc(N(C)C)c3)nc1)CC2. The number of rotatable bonds is 8. The zero-order valence-corrected chi connectivity index (χ0v) is 20.4. The highest BCUT2D eigenvalue weighted by atomic mass is 19.4. The maximum absolute atomic E-state index is 13.5. The number of ether oxygens (including phenoxy) is 2. The second-order valence-electron chi connectivity index (χ2n) is 8.79. The van der Waals surface area contributed by atoms with E-state index in [4.69, 9.17) is 9.47 Å². The minimum absolute atomic E-state index is 0.242. The average molecular weight is 500 g/mol. The number of carbonyl (C=O) groups excluding carboxylic acids is 1. The molecule has 1 aromatic heterocycles. The zero-order valence-electron chi connectivity index (χ0n) is 20.4. The first-order valence-corrected chi connectivity index (χ1v) is 11.6. The Morgan fingerprint density at radius 3 is 2.61 bits per heavy atom. The predicted octanol–water partition coefficient (Wildman–Crippen LogP) is 5.39. The third-order valence-corrected chi connectivity index (χ3v) is 6.12. The summed E-state index contributed by atoms with van der Waals surface area (Å²) < 4.78 is 51.0. The van der Waals surface area contributed by atoms with Crippen LogP contribution in [0.4, 0.5) is 24.5 Å². The van der Waals surface area contributed by atoms with E-state index in [2.05, 4.69) is 28.1 Å². The molecule has 3 aromatic rings. The number of nitrogens with zero attached hydrogens (tertiary/aromatic N) is 3. The van der Waals surface area contributed by atoms with E-state index < -0.39 is 17.6 Å². The molecule has 1 aliphatic rings. The lowest BCUT2D eigenvalue weighted by Gasteiger charge is -2.20. The van der Waals surface area contributed by atoms with Crippen LogP contribution in [0.3, 0.4) is 0 Å². The first kappa shape index (κ1) is 25.3. The normalized spacial score (nSPS) is 12.9. The summed E-state index contributed by atoms with van der Waals surface area (Å²) in [6.45, 7) is 0.750. The molecule has 0 saturated carbocycles. The Hall–Kier alpha value is -3.75. The van der Waals surface area contributed by atoms with Crippen molar-refractivity contribution in [2.45, 2.75) is 25.4 Å². The summed E-state index contributed by atoms with van der Waals surface area (Å²) in [6, 6.07) is 13.8. The van der Waals surface area contributed by atoms with E-state index in [-0.39, 0.29) is 23.5 Å². The summed E-state index contributed by atoms with van der Waals surface area (Å²) in [7, 11) is 5.20. The number of anilines is 2. The molecule has 0 radical (unpaired) electrons. The highest BCUT2D eigenvalue weighted by Gasteiger charge is 2.37.